The summed E-state index contributed by atoms with van der Waals surface area (Å²) in [5, 5.41) is 7.30. The zero-order valence-corrected chi connectivity index (χ0v) is 17.5. The molecule has 1 amide bonds. The third-order valence-electron chi connectivity index (χ3n) is 6.28. The van der Waals surface area contributed by atoms with Crippen LogP contribution in [-0.2, 0) is 30.4 Å². The number of amides is 1. The van der Waals surface area contributed by atoms with Crippen molar-refractivity contribution in [2.24, 2.45) is 5.92 Å². The molecule has 3 aliphatic heterocycles. The maximum atomic E-state index is 13.0. The first-order valence-corrected chi connectivity index (χ1v) is 10.9. The number of carbonyl (C=O) groups is 1. The highest BCUT2D eigenvalue weighted by atomic mass is 19.4. The largest absolute Gasteiger partial charge is 0.491 e. The van der Waals surface area contributed by atoms with Crippen molar-refractivity contribution in [3.05, 3.63) is 46.8 Å². The van der Waals surface area contributed by atoms with E-state index in [-0.39, 0.29) is 18.9 Å². The minimum atomic E-state index is -4.42. The van der Waals surface area contributed by atoms with E-state index in [1.165, 1.54) is 6.07 Å². The minimum Gasteiger partial charge on any atom is -0.491 e. The van der Waals surface area contributed by atoms with Gasteiger partial charge < -0.3 is 14.8 Å². The zero-order chi connectivity index (χ0) is 22.3. The van der Waals surface area contributed by atoms with Crippen LogP contribution in [0, 0.1) is 5.92 Å². The Hall–Kier alpha value is -2.59. The van der Waals surface area contributed by atoms with Crippen LogP contribution in [0.15, 0.2) is 24.3 Å². The van der Waals surface area contributed by atoms with E-state index in [1.807, 2.05) is 4.68 Å². The quantitative estimate of drug-likeness (QED) is 0.775. The molecule has 1 aromatic heterocycles. The molecule has 5 rings (SSSR count). The summed E-state index contributed by atoms with van der Waals surface area (Å²) in [6, 6.07) is 4.81. The van der Waals surface area contributed by atoms with Crippen LogP contribution in [-0.4, -0.2) is 59.5 Å². The first-order valence-electron chi connectivity index (χ1n) is 10.9. The molecule has 0 bridgehead atoms. The third kappa shape index (κ3) is 4.47. The second-order valence-corrected chi connectivity index (χ2v) is 8.71. The predicted molar refractivity (Wildman–Crippen MR) is 108 cm³/mol. The van der Waals surface area contributed by atoms with Crippen LogP contribution in [0.25, 0.3) is 0 Å². The van der Waals surface area contributed by atoms with Crippen LogP contribution in [0.2, 0.25) is 0 Å². The van der Waals surface area contributed by atoms with Gasteiger partial charge in [-0.2, -0.15) is 18.3 Å². The summed E-state index contributed by atoms with van der Waals surface area (Å²) in [6.07, 6.45) is -3.06. The number of alkyl halides is 3. The summed E-state index contributed by atoms with van der Waals surface area (Å²) < 4.78 is 51.9. The van der Waals surface area contributed by atoms with Crippen molar-refractivity contribution in [3.8, 4) is 5.75 Å². The maximum absolute atomic E-state index is 13.0. The van der Waals surface area contributed by atoms with Gasteiger partial charge in [-0.15, -0.1) is 0 Å². The van der Waals surface area contributed by atoms with Gasteiger partial charge in [0.2, 0.25) is 0 Å². The fraction of sp³-hybridized carbons (Fsp3) is 0.545. The van der Waals surface area contributed by atoms with E-state index >= 15 is 0 Å². The molecule has 0 radical (unpaired) electrons. The summed E-state index contributed by atoms with van der Waals surface area (Å²) in [6.45, 7) is 5.14. The Bertz CT molecular complexity index is 1000. The molecule has 2 atom stereocenters. The van der Waals surface area contributed by atoms with Crippen molar-refractivity contribution in [2.45, 2.75) is 38.1 Å². The highest BCUT2D eigenvalue weighted by molar-refractivity contribution is 5.92. The summed E-state index contributed by atoms with van der Waals surface area (Å²) in [5.74, 6) is 0.639. The van der Waals surface area contributed by atoms with Gasteiger partial charge in [0.15, 0.2) is 5.69 Å². The monoisotopic (exact) mass is 450 g/mol. The molecule has 10 heteroatoms. The van der Waals surface area contributed by atoms with Crippen molar-refractivity contribution in [1.29, 1.82) is 0 Å². The Balaban J connectivity index is 1.21. The van der Waals surface area contributed by atoms with E-state index < -0.39 is 17.8 Å². The molecular weight excluding hydrogens is 425 g/mol. The molecular formula is C22H25F3N4O3. The van der Waals surface area contributed by atoms with Gasteiger partial charge in [-0.3, -0.25) is 14.4 Å². The number of carbonyl (C=O) groups excluding carboxylic acids is 1. The summed E-state index contributed by atoms with van der Waals surface area (Å²) in [7, 11) is 0. The Morgan fingerprint density at radius 1 is 1.22 bits per heavy atom. The van der Waals surface area contributed by atoms with Crippen molar-refractivity contribution in [1.82, 2.24) is 20.0 Å². The SMILES string of the molecule is O=C(NC1COc2ccc(C(F)(F)F)cc2C1)c1cc2n(n1)CCN(CC1CCOC1)C2. The highest BCUT2D eigenvalue weighted by Crippen LogP contribution is 2.34. The lowest BCUT2D eigenvalue weighted by atomic mass is 10.00. The molecule has 1 saturated heterocycles. The first kappa shape index (κ1) is 21.3. The lowest BCUT2D eigenvalue weighted by Crippen LogP contribution is -2.43. The van der Waals surface area contributed by atoms with Crippen LogP contribution in [0.1, 0.15) is 33.7 Å². The molecule has 0 aliphatic carbocycles. The minimum absolute atomic E-state index is 0.203. The van der Waals surface area contributed by atoms with Gasteiger partial charge in [-0.25, -0.2) is 0 Å². The average molecular weight is 450 g/mol. The number of fused-ring (bicyclic) bond motifs is 2. The molecule has 32 heavy (non-hydrogen) atoms. The molecule has 1 N–H and O–H groups in total. The standard InChI is InChI=1S/C22H25F3N4O3/c23-22(24,25)16-1-2-20-15(7-16)8-17(13-32-20)26-21(30)19-9-18-11-28(4-5-29(18)27-19)10-14-3-6-31-12-14/h1-2,7,9,14,17H,3-6,8,10-13H2,(H,26,30). The maximum Gasteiger partial charge on any atom is 0.416 e. The fourth-order valence-electron chi connectivity index (χ4n) is 4.60. The number of rotatable bonds is 4. The van der Waals surface area contributed by atoms with Gasteiger partial charge in [-0.1, -0.05) is 0 Å². The van der Waals surface area contributed by atoms with Crippen molar-refractivity contribution < 1.29 is 27.4 Å². The van der Waals surface area contributed by atoms with E-state index in [4.69, 9.17) is 9.47 Å². The molecule has 2 aromatic rings. The smallest absolute Gasteiger partial charge is 0.416 e. The van der Waals surface area contributed by atoms with Crippen LogP contribution in [0.5, 0.6) is 5.75 Å². The van der Waals surface area contributed by atoms with E-state index in [0.717, 1.165) is 63.6 Å². The number of nitrogens with one attached hydrogen (secondary N) is 1. The normalized spacial score (nSPS) is 23.3. The van der Waals surface area contributed by atoms with E-state index in [1.54, 1.807) is 6.07 Å². The molecule has 3 aliphatic rings. The van der Waals surface area contributed by atoms with Crippen LogP contribution < -0.4 is 10.1 Å². The van der Waals surface area contributed by atoms with Gasteiger partial charge in [0.1, 0.15) is 12.4 Å². The number of hydrogen-bond acceptors (Lipinski definition) is 5. The second-order valence-electron chi connectivity index (χ2n) is 8.71. The Kier molecular flexibility index (Phi) is 5.58. The summed E-state index contributed by atoms with van der Waals surface area (Å²) in [5.41, 5.74) is 1.02. The Morgan fingerprint density at radius 3 is 2.88 bits per heavy atom. The topological polar surface area (TPSA) is 68.6 Å². The number of nitrogens with zero attached hydrogens (tertiary/aromatic N) is 3. The number of ether oxygens (including phenoxy) is 2. The Morgan fingerprint density at radius 2 is 2.09 bits per heavy atom. The first-order chi connectivity index (χ1) is 15.3. The second kappa shape index (κ2) is 8.40. The average Bonchev–Trinajstić information content (AvgIpc) is 3.42. The van der Waals surface area contributed by atoms with E-state index in [2.05, 4.69) is 15.3 Å². The molecule has 0 saturated carbocycles. The van der Waals surface area contributed by atoms with Crippen LogP contribution >= 0.6 is 0 Å². The highest BCUT2D eigenvalue weighted by Gasteiger charge is 2.33. The molecule has 1 fully saturated rings. The van der Waals surface area contributed by atoms with E-state index in [9.17, 15) is 18.0 Å². The number of halogens is 3. The van der Waals surface area contributed by atoms with Crippen LogP contribution in [0.4, 0.5) is 13.2 Å². The zero-order valence-electron chi connectivity index (χ0n) is 17.5. The number of aromatic nitrogens is 2. The van der Waals surface area contributed by atoms with Crippen molar-refractivity contribution in [3.63, 3.8) is 0 Å². The van der Waals surface area contributed by atoms with Gasteiger partial charge in [0.05, 0.1) is 30.5 Å². The van der Waals surface area contributed by atoms with Crippen molar-refractivity contribution in [2.75, 3.05) is 32.9 Å². The predicted octanol–water partition coefficient (Wildman–Crippen LogP) is 2.49. The summed E-state index contributed by atoms with van der Waals surface area (Å²) in [4.78, 5) is 15.1. The van der Waals surface area contributed by atoms with Gasteiger partial charge >= 0.3 is 6.18 Å². The molecule has 4 heterocycles. The lowest BCUT2D eigenvalue weighted by molar-refractivity contribution is -0.137. The molecule has 172 valence electrons. The van der Waals surface area contributed by atoms with Crippen molar-refractivity contribution >= 4 is 5.91 Å². The molecule has 0 spiro atoms. The number of benzene rings is 1. The van der Waals surface area contributed by atoms with Gasteiger partial charge in [0.25, 0.3) is 5.91 Å². The van der Waals surface area contributed by atoms with Gasteiger partial charge in [-0.05, 0) is 48.6 Å². The number of hydrogen-bond donors (Lipinski definition) is 1. The molecule has 1 aromatic carbocycles. The van der Waals surface area contributed by atoms with Gasteiger partial charge in [0, 0.05) is 26.2 Å². The van der Waals surface area contributed by atoms with Crippen LogP contribution in [0.3, 0.4) is 0 Å². The third-order valence-corrected chi connectivity index (χ3v) is 6.28. The van der Waals surface area contributed by atoms with E-state index in [0.29, 0.717) is 22.9 Å². The molecule has 2 unspecified atom stereocenters. The Labute approximate surface area is 183 Å². The molecule has 7 nitrogen and oxygen atoms in total. The fourth-order valence-corrected chi connectivity index (χ4v) is 4.60. The lowest BCUT2D eigenvalue weighted by Gasteiger charge is -2.29. The summed E-state index contributed by atoms with van der Waals surface area (Å²) >= 11 is 0.